The summed E-state index contributed by atoms with van der Waals surface area (Å²) in [6, 6.07) is 65.4. The topological polar surface area (TPSA) is 13.0 Å². The zero-order valence-electron chi connectivity index (χ0n) is 26.5. The first-order chi connectivity index (χ1) is 23.8. The number of nitrogens with zero attached hydrogens (tertiary/aromatic N) is 4. The van der Waals surface area contributed by atoms with Gasteiger partial charge >= 0.3 is 0 Å². The van der Waals surface area contributed by atoms with Crippen LogP contribution in [0.1, 0.15) is 0 Å². The molecule has 0 saturated carbocycles. The van der Waals surface area contributed by atoms with E-state index in [0.29, 0.717) is 0 Å². The lowest BCUT2D eigenvalue weighted by molar-refractivity contribution is 0.978. The Morgan fingerprint density at radius 3 is 0.938 bits per heavy atom. The fourth-order valence-corrected chi connectivity index (χ4v) is 7.07. The van der Waals surface area contributed by atoms with Gasteiger partial charge in [0.05, 0.1) is 22.7 Å². The van der Waals surface area contributed by atoms with Crippen molar-refractivity contribution in [3.63, 3.8) is 0 Å². The summed E-state index contributed by atoms with van der Waals surface area (Å²) >= 11 is 0. The lowest BCUT2D eigenvalue weighted by atomic mass is 10.1. The first-order valence-corrected chi connectivity index (χ1v) is 16.5. The highest BCUT2D eigenvalue weighted by molar-refractivity contribution is 5.90. The molecule has 9 rings (SSSR count). The molecule has 4 nitrogen and oxygen atoms in total. The van der Waals surface area contributed by atoms with Crippen molar-refractivity contribution in [2.75, 3.05) is 32.9 Å². The molecule has 2 heterocycles. The Bertz CT molecular complexity index is 2040. The molecule has 0 bridgehead atoms. The number of para-hydroxylation sites is 4. The minimum absolute atomic E-state index is 0.740. The van der Waals surface area contributed by atoms with Crippen molar-refractivity contribution in [3.05, 3.63) is 182 Å². The fraction of sp³-hybridized carbons (Fsp3) is 0.0455. The number of rotatable bonds is 6. The molecule has 2 aliphatic heterocycles. The van der Waals surface area contributed by atoms with Crippen molar-refractivity contribution in [1.29, 1.82) is 0 Å². The number of hydrogen-bond donors (Lipinski definition) is 0. The zero-order chi connectivity index (χ0) is 31.9. The normalized spacial score (nSPS) is 13.5. The lowest BCUT2D eigenvalue weighted by Gasteiger charge is -2.25. The Morgan fingerprint density at radius 2 is 0.562 bits per heavy atom. The molecule has 230 valence electrons. The summed E-state index contributed by atoms with van der Waals surface area (Å²) in [4.78, 5) is 9.66. The van der Waals surface area contributed by atoms with E-state index in [1.165, 1.54) is 67.8 Å². The summed E-state index contributed by atoms with van der Waals surface area (Å²) in [5.41, 5.74) is 14.5. The lowest BCUT2D eigenvalue weighted by Crippen LogP contribution is -2.25. The maximum Gasteiger partial charge on any atom is 0.100 e. The van der Waals surface area contributed by atoms with E-state index in [1.807, 2.05) is 0 Å². The smallest absolute Gasteiger partial charge is 0.100 e. The highest BCUT2D eigenvalue weighted by Crippen LogP contribution is 2.47. The maximum atomic E-state index is 2.42. The van der Waals surface area contributed by atoms with E-state index in [2.05, 4.69) is 202 Å². The van der Waals surface area contributed by atoms with Crippen LogP contribution in [0.4, 0.5) is 45.5 Å². The van der Waals surface area contributed by atoms with Crippen LogP contribution in [-0.2, 0) is 0 Å². The zero-order valence-corrected chi connectivity index (χ0v) is 26.5. The third-order valence-corrected chi connectivity index (χ3v) is 9.52. The van der Waals surface area contributed by atoms with Crippen LogP contribution in [0.25, 0.3) is 22.3 Å². The molecule has 7 aromatic carbocycles. The van der Waals surface area contributed by atoms with Gasteiger partial charge in [0.1, 0.15) is 13.3 Å². The Hall–Kier alpha value is -6.26. The predicted molar refractivity (Wildman–Crippen MR) is 201 cm³/mol. The summed E-state index contributed by atoms with van der Waals surface area (Å²) in [6.45, 7) is 1.48. The minimum Gasteiger partial charge on any atom is -0.321 e. The van der Waals surface area contributed by atoms with E-state index in [9.17, 15) is 0 Å². The van der Waals surface area contributed by atoms with Crippen LogP contribution < -0.4 is 19.6 Å². The van der Waals surface area contributed by atoms with Gasteiger partial charge in [-0.1, -0.05) is 115 Å². The Morgan fingerprint density at radius 1 is 0.250 bits per heavy atom. The van der Waals surface area contributed by atoms with Gasteiger partial charge in [-0.15, -0.1) is 0 Å². The highest BCUT2D eigenvalue weighted by atomic mass is 15.4. The Balaban J connectivity index is 1.01. The molecule has 0 fully saturated rings. The van der Waals surface area contributed by atoms with Crippen molar-refractivity contribution in [2.24, 2.45) is 0 Å². The molecule has 2 aliphatic rings. The molecule has 0 spiro atoms. The standard InChI is InChI=1S/C44H34N4/c1-3-12-33(13-4-1)35-22-26-37(27-23-35)45-31-47(43-20-9-7-18-41(43)45)39-16-11-17-40(30-39)48-32-46(42-19-8-10-21-44(42)48)38-28-24-36(25-29-38)34-14-5-2-6-15-34/h1-30H,31-32H2. The largest absolute Gasteiger partial charge is 0.321 e. The Labute approximate surface area is 282 Å². The van der Waals surface area contributed by atoms with Gasteiger partial charge in [0.2, 0.25) is 0 Å². The molecule has 0 N–H and O–H groups in total. The van der Waals surface area contributed by atoms with Crippen LogP contribution in [-0.4, -0.2) is 13.3 Å². The van der Waals surface area contributed by atoms with Gasteiger partial charge in [0.15, 0.2) is 0 Å². The quantitative estimate of drug-likeness (QED) is 0.184. The van der Waals surface area contributed by atoms with Gasteiger partial charge in [0.25, 0.3) is 0 Å². The molecule has 0 amide bonds. The molecule has 0 saturated heterocycles. The summed E-state index contributed by atoms with van der Waals surface area (Å²) in [5.74, 6) is 0. The molecule has 0 aliphatic carbocycles. The third-order valence-electron chi connectivity index (χ3n) is 9.52. The number of fused-ring (bicyclic) bond motifs is 2. The molecule has 0 radical (unpaired) electrons. The minimum atomic E-state index is 0.740. The molecule has 0 aromatic heterocycles. The van der Waals surface area contributed by atoms with Crippen molar-refractivity contribution in [2.45, 2.75) is 0 Å². The van der Waals surface area contributed by atoms with Crippen molar-refractivity contribution in [1.82, 2.24) is 0 Å². The van der Waals surface area contributed by atoms with Gasteiger partial charge in [-0.05, 0) is 89.0 Å². The summed E-state index contributed by atoms with van der Waals surface area (Å²) in [7, 11) is 0. The van der Waals surface area contributed by atoms with Gasteiger partial charge < -0.3 is 19.6 Å². The average molecular weight is 619 g/mol. The van der Waals surface area contributed by atoms with Crippen molar-refractivity contribution < 1.29 is 0 Å². The first-order valence-electron chi connectivity index (χ1n) is 16.5. The van der Waals surface area contributed by atoms with Crippen LogP contribution in [0.15, 0.2) is 182 Å². The van der Waals surface area contributed by atoms with E-state index in [1.54, 1.807) is 0 Å². The van der Waals surface area contributed by atoms with Gasteiger partial charge in [-0.2, -0.15) is 0 Å². The van der Waals surface area contributed by atoms with E-state index in [0.717, 1.165) is 13.3 Å². The number of benzene rings is 7. The summed E-state index contributed by atoms with van der Waals surface area (Å²) in [6.07, 6.45) is 0. The fourth-order valence-electron chi connectivity index (χ4n) is 7.07. The van der Waals surface area contributed by atoms with Gasteiger partial charge in [-0.25, -0.2) is 0 Å². The van der Waals surface area contributed by atoms with Crippen molar-refractivity contribution in [3.8, 4) is 22.3 Å². The maximum absolute atomic E-state index is 2.42. The van der Waals surface area contributed by atoms with Crippen LogP contribution in [0.2, 0.25) is 0 Å². The second kappa shape index (κ2) is 11.8. The summed E-state index contributed by atoms with van der Waals surface area (Å²) in [5, 5.41) is 0. The highest BCUT2D eigenvalue weighted by Gasteiger charge is 2.30. The second-order valence-corrected chi connectivity index (χ2v) is 12.3. The van der Waals surface area contributed by atoms with Crippen LogP contribution in [0, 0.1) is 0 Å². The third kappa shape index (κ3) is 4.95. The van der Waals surface area contributed by atoms with E-state index < -0.39 is 0 Å². The van der Waals surface area contributed by atoms with Crippen LogP contribution >= 0.6 is 0 Å². The predicted octanol–water partition coefficient (Wildman–Crippen LogP) is 11.5. The Kier molecular flexibility index (Phi) is 6.90. The van der Waals surface area contributed by atoms with Crippen LogP contribution in [0.3, 0.4) is 0 Å². The molecule has 0 atom stereocenters. The number of anilines is 8. The molecule has 7 aromatic rings. The van der Waals surface area contributed by atoms with E-state index >= 15 is 0 Å². The molecule has 48 heavy (non-hydrogen) atoms. The molecular weight excluding hydrogens is 585 g/mol. The van der Waals surface area contributed by atoms with Gasteiger partial charge in [-0.3, -0.25) is 0 Å². The van der Waals surface area contributed by atoms with E-state index in [-0.39, 0.29) is 0 Å². The second-order valence-electron chi connectivity index (χ2n) is 12.3. The summed E-state index contributed by atoms with van der Waals surface area (Å²) < 4.78 is 0. The first kappa shape index (κ1) is 28.0. The van der Waals surface area contributed by atoms with Gasteiger partial charge in [0, 0.05) is 22.7 Å². The monoisotopic (exact) mass is 618 g/mol. The van der Waals surface area contributed by atoms with Crippen molar-refractivity contribution >= 4 is 45.5 Å². The average Bonchev–Trinajstić information content (AvgIpc) is 3.76. The molecule has 0 unspecified atom stereocenters. The van der Waals surface area contributed by atoms with E-state index in [4.69, 9.17) is 0 Å². The van der Waals surface area contributed by atoms with Crippen LogP contribution in [0.5, 0.6) is 0 Å². The molecule has 4 heteroatoms. The molecular formula is C44H34N4. The number of hydrogen-bond acceptors (Lipinski definition) is 4. The SMILES string of the molecule is c1ccc(-c2ccc(N3CN(c4cccc(N5CN(c6ccc(-c7ccccc7)cc6)c6ccccc65)c4)c4ccccc43)cc2)cc1.